The molecular formula is C11H7F10N. The van der Waals surface area contributed by atoms with E-state index >= 15 is 0 Å². The molecule has 22 heavy (non-hydrogen) atoms. The van der Waals surface area contributed by atoms with Gasteiger partial charge in [-0.15, -0.1) is 0 Å². The summed E-state index contributed by atoms with van der Waals surface area (Å²) in [5, 5.41) is 0. The van der Waals surface area contributed by atoms with Gasteiger partial charge in [-0.1, -0.05) is 12.1 Å². The maximum absolute atomic E-state index is 13.5. The van der Waals surface area contributed by atoms with Gasteiger partial charge in [0.05, 0.1) is 0 Å². The monoisotopic (exact) mass is 343 g/mol. The summed E-state index contributed by atoms with van der Waals surface area (Å²) in [5.41, 5.74) is 3.80. The quantitative estimate of drug-likeness (QED) is 0.620. The lowest BCUT2D eigenvalue weighted by molar-refractivity contribution is -0.403. The minimum absolute atomic E-state index is 0.0911. The van der Waals surface area contributed by atoms with E-state index in [2.05, 4.69) is 0 Å². The van der Waals surface area contributed by atoms with Gasteiger partial charge < -0.3 is 5.73 Å². The molecule has 0 aromatic heterocycles. The Kier molecular flexibility index (Phi) is 4.34. The van der Waals surface area contributed by atoms with Crippen LogP contribution in [-0.2, 0) is 0 Å². The highest BCUT2D eigenvalue weighted by molar-refractivity contribution is 5.40. The zero-order valence-corrected chi connectivity index (χ0v) is 10.2. The third kappa shape index (κ3) is 2.68. The molecule has 0 fully saturated rings. The van der Waals surface area contributed by atoms with E-state index in [1.54, 1.807) is 0 Å². The second-order valence-corrected chi connectivity index (χ2v) is 4.30. The largest absolute Gasteiger partial charge is 0.460 e. The Hall–Kier alpha value is -1.68. The topological polar surface area (TPSA) is 26.0 Å². The van der Waals surface area contributed by atoms with Crippen LogP contribution in [0.5, 0.6) is 0 Å². The molecule has 126 valence electrons. The van der Waals surface area contributed by atoms with E-state index in [9.17, 15) is 43.9 Å². The maximum Gasteiger partial charge on any atom is 0.460 e. The lowest BCUT2D eigenvalue weighted by Crippen LogP contribution is -2.62. The predicted molar refractivity (Wildman–Crippen MR) is 55.6 cm³/mol. The Morgan fingerprint density at radius 3 is 1.50 bits per heavy atom. The fourth-order valence-corrected chi connectivity index (χ4v) is 1.42. The molecule has 1 unspecified atom stereocenters. The average Bonchev–Trinajstić information content (AvgIpc) is 2.37. The molecule has 1 aromatic rings. The van der Waals surface area contributed by atoms with Gasteiger partial charge in [0.1, 0.15) is 0 Å². The van der Waals surface area contributed by atoms with Crippen LogP contribution in [0.1, 0.15) is 11.7 Å². The molecule has 1 aromatic carbocycles. The first-order chi connectivity index (χ1) is 9.66. The number of alkyl halides is 10. The Labute approximate surface area is 116 Å². The first-order valence-corrected chi connectivity index (χ1v) is 5.36. The van der Waals surface area contributed by atoms with Crippen molar-refractivity contribution in [2.75, 3.05) is 5.73 Å². The second-order valence-electron chi connectivity index (χ2n) is 4.30. The molecule has 0 amide bonds. The van der Waals surface area contributed by atoms with Crippen molar-refractivity contribution >= 4 is 5.69 Å². The standard InChI is InChI=1S/C11H7F10N/c12-7(5-1-3-6(22)4-2-5)8(13,14)9(15,16)10(17,18)11(19,20)21/h1-4,7H,22H2. The van der Waals surface area contributed by atoms with Crippen LogP contribution in [-0.4, -0.2) is 23.9 Å². The summed E-state index contributed by atoms with van der Waals surface area (Å²) in [4.78, 5) is 0. The SMILES string of the molecule is Nc1ccc(C(F)C(F)(F)C(F)(F)C(F)(F)C(F)(F)F)cc1. The number of hydrogen-bond acceptors (Lipinski definition) is 1. The summed E-state index contributed by atoms with van der Waals surface area (Å²) in [6, 6.07) is 2.52. The van der Waals surface area contributed by atoms with Crippen molar-refractivity contribution in [1.82, 2.24) is 0 Å². The van der Waals surface area contributed by atoms with Crippen LogP contribution in [0.15, 0.2) is 24.3 Å². The molecule has 0 aliphatic rings. The van der Waals surface area contributed by atoms with Gasteiger partial charge in [0.2, 0.25) is 0 Å². The van der Waals surface area contributed by atoms with Gasteiger partial charge in [-0.05, 0) is 17.7 Å². The molecule has 0 spiro atoms. The van der Waals surface area contributed by atoms with Crippen LogP contribution in [0.3, 0.4) is 0 Å². The highest BCUT2D eigenvalue weighted by Crippen LogP contribution is 2.57. The van der Waals surface area contributed by atoms with Gasteiger partial charge in [-0.2, -0.15) is 39.5 Å². The van der Waals surface area contributed by atoms with Crippen LogP contribution >= 0.6 is 0 Å². The number of halogens is 10. The summed E-state index contributed by atoms with van der Waals surface area (Å²) in [6.07, 6.45) is -11.1. The van der Waals surface area contributed by atoms with Crippen molar-refractivity contribution in [3.05, 3.63) is 29.8 Å². The average molecular weight is 343 g/mol. The van der Waals surface area contributed by atoms with Crippen LogP contribution in [0.2, 0.25) is 0 Å². The third-order valence-electron chi connectivity index (χ3n) is 2.72. The van der Waals surface area contributed by atoms with E-state index in [0.29, 0.717) is 12.1 Å². The zero-order chi connectivity index (χ0) is 17.6. The third-order valence-corrected chi connectivity index (χ3v) is 2.72. The minimum Gasteiger partial charge on any atom is -0.399 e. The zero-order valence-electron chi connectivity index (χ0n) is 10.2. The fraction of sp³-hybridized carbons (Fsp3) is 0.455. The van der Waals surface area contributed by atoms with E-state index < -0.39 is 35.7 Å². The fourth-order valence-electron chi connectivity index (χ4n) is 1.42. The van der Waals surface area contributed by atoms with E-state index in [1.807, 2.05) is 0 Å². The van der Waals surface area contributed by atoms with Crippen LogP contribution in [0, 0.1) is 0 Å². The van der Waals surface area contributed by atoms with Crippen molar-refractivity contribution < 1.29 is 43.9 Å². The Morgan fingerprint density at radius 2 is 1.14 bits per heavy atom. The minimum atomic E-state index is -7.12. The number of hydrogen-bond donors (Lipinski definition) is 1. The smallest absolute Gasteiger partial charge is 0.399 e. The van der Waals surface area contributed by atoms with Crippen molar-refractivity contribution in [2.45, 2.75) is 30.1 Å². The van der Waals surface area contributed by atoms with Gasteiger partial charge in [0.25, 0.3) is 0 Å². The van der Waals surface area contributed by atoms with Gasteiger partial charge >= 0.3 is 23.9 Å². The highest BCUT2D eigenvalue weighted by Gasteiger charge is 2.83. The first kappa shape index (κ1) is 18.4. The van der Waals surface area contributed by atoms with Gasteiger partial charge in [0.15, 0.2) is 6.17 Å². The van der Waals surface area contributed by atoms with Crippen LogP contribution in [0.4, 0.5) is 49.6 Å². The van der Waals surface area contributed by atoms with Gasteiger partial charge in [-0.25, -0.2) is 4.39 Å². The molecule has 0 heterocycles. The lowest BCUT2D eigenvalue weighted by atomic mass is 9.95. The molecule has 0 aliphatic carbocycles. The van der Waals surface area contributed by atoms with E-state index in [1.165, 1.54) is 0 Å². The molecule has 11 heteroatoms. The molecule has 0 saturated carbocycles. The lowest BCUT2D eigenvalue weighted by Gasteiger charge is -2.35. The van der Waals surface area contributed by atoms with Crippen LogP contribution < -0.4 is 5.73 Å². The number of benzene rings is 1. The maximum atomic E-state index is 13.5. The second kappa shape index (κ2) is 5.20. The first-order valence-electron chi connectivity index (χ1n) is 5.36. The summed E-state index contributed by atoms with van der Waals surface area (Å²) in [5.74, 6) is -20.4. The molecule has 1 atom stereocenters. The van der Waals surface area contributed by atoms with E-state index in [4.69, 9.17) is 5.73 Å². The number of rotatable bonds is 4. The van der Waals surface area contributed by atoms with Crippen molar-refractivity contribution in [3.8, 4) is 0 Å². The molecular weight excluding hydrogens is 336 g/mol. The van der Waals surface area contributed by atoms with Crippen molar-refractivity contribution in [2.24, 2.45) is 0 Å². The van der Waals surface area contributed by atoms with Gasteiger partial charge in [-0.3, -0.25) is 0 Å². The summed E-state index contributed by atoms with van der Waals surface area (Å²) in [6.45, 7) is 0. The van der Waals surface area contributed by atoms with Gasteiger partial charge in [0, 0.05) is 5.69 Å². The molecule has 0 radical (unpaired) electrons. The Bertz CT molecular complexity index is 519. The highest BCUT2D eigenvalue weighted by atomic mass is 19.4. The van der Waals surface area contributed by atoms with E-state index in [-0.39, 0.29) is 5.69 Å². The Balaban J connectivity index is 3.29. The summed E-state index contributed by atoms with van der Waals surface area (Å²) < 4.78 is 127. The van der Waals surface area contributed by atoms with Crippen molar-refractivity contribution in [3.63, 3.8) is 0 Å². The Morgan fingerprint density at radius 1 is 0.727 bits per heavy atom. The molecule has 1 nitrogen and oxygen atoms in total. The molecule has 0 saturated heterocycles. The number of anilines is 1. The molecule has 0 aliphatic heterocycles. The number of nitrogens with two attached hydrogens (primary N) is 1. The molecule has 2 N–H and O–H groups in total. The van der Waals surface area contributed by atoms with E-state index in [0.717, 1.165) is 12.1 Å². The molecule has 1 rings (SSSR count). The number of nitrogen functional groups attached to an aromatic ring is 1. The summed E-state index contributed by atoms with van der Waals surface area (Å²) in [7, 11) is 0. The summed E-state index contributed by atoms with van der Waals surface area (Å²) >= 11 is 0. The van der Waals surface area contributed by atoms with Crippen molar-refractivity contribution in [1.29, 1.82) is 0 Å². The van der Waals surface area contributed by atoms with Crippen LogP contribution in [0.25, 0.3) is 0 Å². The normalized spacial score (nSPS) is 15.7. The molecule has 0 bridgehead atoms. The predicted octanol–water partition coefficient (Wildman–Crippen LogP) is 4.75.